The maximum Gasteiger partial charge on any atom is 0.240 e. The standard InChI is InChI=1S/C17H21ClN4O/c1-12-6-7-13-10-14(17(18)21-15(13)9-12)11-20-22-16(23)5-3-2-4-8-19/h6-7,9-11H,2-5,8,19H2,1H3,(H,22,23)/b20-11+. The van der Waals surface area contributed by atoms with Crippen molar-refractivity contribution < 1.29 is 4.79 Å². The molecule has 1 amide bonds. The Hall–Kier alpha value is -1.98. The summed E-state index contributed by atoms with van der Waals surface area (Å²) in [6.45, 7) is 2.67. The van der Waals surface area contributed by atoms with Crippen molar-refractivity contribution in [2.45, 2.75) is 32.6 Å². The number of halogens is 1. The smallest absolute Gasteiger partial charge is 0.240 e. The second-order valence-corrected chi connectivity index (χ2v) is 5.82. The summed E-state index contributed by atoms with van der Waals surface area (Å²) in [5.74, 6) is -0.112. The van der Waals surface area contributed by atoms with E-state index in [9.17, 15) is 4.79 Å². The van der Waals surface area contributed by atoms with Crippen molar-refractivity contribution >= 4 is 34.6 Å². The van der Waals surface area contributed by atoms with Gasteiger partial charge in [0, 0.05) is 17.4 Å². The highest BCUT2D eigenvalue weighted by Crippen LogP contribution is 2.20. The van der Waals surface area contributed by atoms with E-state index in [1.807, 2.05) is 31.2 Å². The fourth-order valence-corrected chi connectivity index (χ4v) is 2.39. The van der Waals surface area contributed by atoms with Crippen LogP contribution in [0.25, 0.3) is 10.9 Å². The number of nitrogens with two attached hydrogens (primary N) is 1. The number of hydrogen-bond donors (Lipinski definition) is 2. The quantitative estimate of drug-likeness (QED) is 0.354. The Bertz CT molecular complexity index is 715. The van der Waals surface area contributed by atoms with Crippen LogP contribution in [0.3, 0.4) is 0 Å². The normalized spacial score (nSPS) is 11.3. The van der Waals surface area contributed by atoms with E-state index in [1.54, 1.807) is 0 Å². The number of amides is 1. The van der Waals surface area contributed by atoms with Gasteiger partial charge < -0.3 is 5.73 Å². The lowest BCUT2D eigenvalue weighted by Crippen LogP contribution is -2.17. The molecule has 0 radical (unpaired) electrons. The lowest BCUT2D eigenvalue weighted by atomic mass is 10.1. The molecule has 122 valence electrons. The van der Waals surface area contributed by atoms with Crippen molar-refractivity contribution in [3.8, 4) is 0 Å². The lowest BCUT2D eigenvalue weighted by Gasteiger charge is -2.03. The number of nitrogens with zero attached hydrogens (tertiary/aromatic N) is 2. The number of aryl methyl sites for hydroxylation is 1. The first-order valence-electron chi connectivity index (χ1n) is 7.69. The Kier molecular flexibility index (Phi) is 6.50. The molecule has 0 saturated heterocycles. The third-order valence-electron chi connectivity index (χ3n) is 3.45. The SMILES string of the molecule is Cc1ccc2cc(/C=N/NC(=O)CCCCCN)c(Cl)nc2c1. The van der Waals surface area contributed by atoms with Crippen molar-refractivity contribution in [2.24, 2.45) is 10.8 Å². The summed E-state index contributed by atoms with van der Waals surface area (Å²) < 4.78 is 0. The van der Waals surface area contributed by atoms with Gasteiger partial charge in [0.2, 0.25) is 5.91 Å². The molecule has 2 rings (SSSR count). The molecule has 0 spiro atoms. The van der Waals surface area contributed by atoms with E-state index in [4.69, 9.17) is 17.3 Å². The summed E-state index contributed by atoms with van der Waals surface area (Å²) in [4.78, 5) is 16.0. The maximum absolute atomic E-state index is 11.6. The minimum atomic E-state index is -0.112. The lowest BCUT2D eigenvalue weighted by molar-refractivity contribution is -0.121. The molecule has 6 heteroatoms. The number of carbonyl (C=O) groups excluding carboxylic acids is 1. The molecule has 0 aliphatic carbocycles. The Labute approximate surface area is 140 Å². The Morgan fingerprint density at radius 3 is 2.96 bits per heavy atom. The molecule has 23 heavy (non-hydrogen) atoms. The third-order valence-corrected chi connectivity index (χ3v) is 3.76. The van der Waals surface area contributed by atoms with Gasteiger partial charge in [-0.3, -0.25) is 4.79 Å². The minimum absolute atomic E-state index is 0.112. The van der Waals surface area contributed by atoms with Crippen molar-refractivity contribution in [1.82, 2.24) is 10.4 Å². The summed E-state index contributed by atoms with van der Waals surface area (Å²) in [5, 5.41) is 5.30. The highest BCUT2D eigenvalue weighted by atomic mass is 35.5. The number of hydrogen-bond acceptors (Lipinski definition) is 4. The second kappa shape index (κ2) is 8.60. The Balaban J connectivity index is 1.96. The maximum atomic E-state index is 11.6. The van der Waals surface area contributed by atoms with E-state index in [0.717, 1.165) is 35.7 Å². The van der Waals surface area contributed by atoms with Gasteiger partial charge in [-0.25, -0.2) is 10.4 Å². The van der Waals surface area contributed by atoms with E-state index >= 15 is 0 Å². The molecule has 1 aromatic carbocycles. The number of pyridine rings is 1. The number of rotatable bonds is 7. The molecule has 0 aliphatic rings. The third kappa shape index (κ3) is 5.30. The summed E-state index contributed by atoms with van der Waals surface area (Å²) in [7, 11) is 0. The number of nitrogens with one attached hydrogen (secondary N) is 1. The highest BCUT2D eigenvalue weighted by Gasteiger charge is 2.04. The fraction of sp³-hybridized carbons (Fsp3) is 0.353. The zero-order chi connectivity index (χ0) is 16.7. The fourth-order valence-electron chi connectivity index (χ4n) is 2.20. The van der Waals surface area contributed by atoms with E-state index in [-0.39, 0.29) is 5.91 Å². The van der Waals surface area contributed by atoms with Crippen LogP contribution in [-0.2, 0) is 4.79 Å². The molecular formula is C17H21ClN4O. The van der Waals surface area contributed by atoms with Gasteiger partial charge in [-0.15, -0.1) is 0 Å². The number of unbranched alkanes of at least 4 members (excludes halogenated alkanes) is 2. The minimum Gasteiger partial charge on any atom is -0.330 e. The van der Waals surface area contributed by atoms with Crippen LogP contribution in [0.15, 0.2) is 29.4 Å². The molecule has 0 bridgehead atoms. The topological polar surface area (TPSA) is 80.4 Å². The van der Waals surface area contributed by atoms with Crippen molar-refractivity contribution in [1.29, 1.82) is 0 Å². The van der Waals surface area contributed by atoms with E-state index in [2.05, 4.69) is 15.5 Å². The van der Waals surface area contributed by atoms with Crippen LogP contribution in [0.5, 0.6) is 0 Å². The molecule has 0 unspecified atom stereocenters. The van der Waals surface area contributed by atoms with Gasteiger partial charge >= 0.3 is 0 Å². The van der Waals surface area contributed by atoms with Gasteiger partial charge in [-0.2, -0.15) is 5.10 Å². The first-order valence-corrected chi connectivity index (χ1v) is 8.07. The first kappa shape index (κ1) is 17.4. The Morgan fingerprint density at radius 2 is 2.17 bits per heavy atom. The largest absolute Gasteiger partial charge is 0.330 e. The first-order chi connectivity index (χ1) is 11.1. The molecular weight excluding hydrogens is 312 g/mol. The molecule has 2 aromatic rings. The summed E-state index contributed by atoms with van der Waals surface area (Å²) in [6, 6.07) is 7.88. The predicted octanol–water partition coefficient (Wildman–Crippen LogP) is 3.17. The van der Waals surface area contributed by atoms with Crippen molar-refractivity contribution in [3.05, 3.63) is 40.5 Å². The van der Waals surface area contributed by atoms with Gasteiger partial charge in [0.25, 0.3) is 0 Å². The van der Waals surface area contributed by atoms with E-state index in [0.29, 0.717) is 23.7 Å². The molecule has 0 saturated carbocycles. The Morgan fingerprint density at radius 1 is 1.35 bits per heavy atom. The van der Waals surface area contributed by atoms with Crippen molar-refractivity contribution in [3.63, 3.8) is 0 Å². The van der Waals surface area contributed by atoms with Gasteiger partial charge in [-0.1, -0.05) is 30.2 Å². The van der Waals surface area contributed by atoms with Gasteiger partial charge in [-0.05, 0) is 44.0 Å². The van der Waals surface area contributed by atoms with E-state index < -0.39 is 0 Å². The highest BCUT2D eigenvalue weighted by molar-refractivity contribution is 6.32. The monoisotopic (exact) mass is 332 g/mol. The molecule has 0 atom stereocenters. The molecule has 0 fully saturated rings. The van der Waals surface area contributed by atoms with Crippen LogP contribution in [0.4, 0.5) is 0 Å². The van der Waals surface area contributed by atoms with Crippen LogP contribution in [0.2, 0.25) is 5.15 Å². The second-order valence-electron chi connectivity index (χ2n) is 5.46. The average molecular weight is 333 g/mol. The van der Waals surface area contributed by atoms with Gasteiger partial charge in [0.1, 0.15) is 5.15 Å². The predicted molar refractivity (Wildman–Crippen MR) is 94.7 cm³/mol. The average Bonchev–Trinajstić information content (AvgIpc) is 2.52. The van der Waals surface area contributed by atoms with Crippen LogP contribution in [0.1, 0.15) is 36.8 Å². The van der Waals surface area contributed by atoms with Gasteiger partial charge in [0.15, 0.2) is 0 Å². The molecule has 3 N–H and O–H groups in total. The zero-order valence-electron chi connectivity index (χ0n) is 13.2. The molecule has 0 aliphatic heterocycles. The molecule has 1 aromatic heterocycles. The number of carbonyl (C=O) groups is 1. The van der Waals surface area contributed by atoms with Crippen LogP contribution < -0.4 is 11.2 Å². The molecule has 5 nitrogen and oxygen atoms in total. The van der Waals surface area contributed by atoms with Crippen LogP contribution >= 0.6 is 11.6 Å². The summed E-state index contributed by atoms with van der Waals surface area (Å²) in [6.07, 6.45) is 4.67. The van der Waals surface area contributed by atoms with Crippen LogP contribution in [0, 0.1) is 6.92 Å². The van der Waals surface area contributed by atoms with Crippen molar-refractivity contribution in [2.75, 3.05) is 6.54 Å². The van der Waals surface area contributed by atoms with Gasteiger partial charge in [0.05, 0.1) is 11.7 Å². The number of benzene rings is 1. The number of fused-ring (bicyclic) bond motifs is 1. The summed E-state index contributed by atoms with van der Waals surface area (Å²) in [5.41, 5.74) is 10.6. The number of hydrazone groups is 1. The molecule has 1 heterocycles. The van der Waals surface area contributed by atoms with E-state index in [1.165, 1.54) is 6.21 Å². The summed E-state index contributed by atoms with van der Waals surface area (Å²) >= 11 is 6.16. The zero-order valence-corrected chi connectivity index (χ0v) is 13.9. The van der Waals surface area contributed by atoms with Crippen LogP contribution in [-0.4, -0.2) is 23.7 Å². The number of aromatic nitrogens is 1.